The molecule has 1 aromatic rings. The molecule has 0 aliphatic carbocycles. The second kappa shape index (κ2) is 4.66. The molecule has 2 heterocycles. The summed E-state index contributed by atoms with van der Waals surface area (Å²) in [5.41, 5.74) is 1.11. The van der Waals surface area contributed by atoms with Crippen LogP contribution in [0.1, 0.15) is 20.3 Å². The minimum Gasteiger partial charge on any atom is -0.381 e. The number of nitrogens with zero attached hydrogens (tertiary/aromatic N) is 2. The average molecular weight is 209 g/mol. The van der Waals surface area contributed by atoms with E-state index in [1.807, 2.05) is 17.1 Å². The lowest BCUT2D eigenvalue weighted by atomic mass is 10.0. The molecule has 0 bridgehead atoms. The van der Waals surface area contributed by atoms with Crippen LogP contribution in [0.25, 0.3) is 0 Å². The van der Waals surface area contributed by atoms with Gasteiger partial charge in [0, 0.05) is 31.3 Å². The monoisotopic (exact) mass is 209 g/mol. The molecule has 0 spiro atoms. The largest absolute Gasteiger partial charge is 0.381 e. The third-order valence-corrected chi connectivity index (χ3v) is 3.02. The lowest BCUT2D eigenvalue weighted by Crippen LogP contribution is -2.25. The Morgan fingerprint density at radius 2 is 2.60 bits per heavy atom. The summed E-state index contributed by atoms with van der Waals surface area (Å²) in [5, 5.41) is 7.71. The highest BCUT2D eigenvalue weighted by molar-refractivity contribution is 5.39. The van der Waals surface area contributed by atoms with Gasteiger partial charge >= 0.3 is 0 Å². The first-order valence-corrected chi connectivity index (χ1v) is 5.66. The molecule has 84 valence electrons. The van der Waals surface area contributed by atoms with Crippen molar-refractivity contribution in [1.29, 1.82) is 0 Å². The lowest BCUT2D eigenvalue weighted by molar-refractivity contribution is 0.183. The van der Waals surface area contributed by atoms with Gasteiger partial charge in [-0.15, -0.1) is 0 Å². The smallest absolute Gasteiger partial charge is 0.0728 e. The quantitative estimate of drug-likeness (QED) is 0.821. The summed E-state index contributed by atoms with van der Waals surface area (Å²) in [6.45, 7) is 7.01. The van der Waals surface area contributed by atoms with Gasteiger partial charge in [0.25, 0.3) is 0 Å². The number of hydrogen-bond acceptors (Lipinski definition) is 3. The van der Waals surface area contributed by atoms with Crippen LogP contribution in [0, 0.1) is 5.92 Å². The molecule has 1 aliphatic heterocycles. The maximum Gasteiger partial charge on any atom is 0.0728 e. The highest BCUT2D eigenvalue weighted by Gasteiger charge is 2.22. The van der Waals surface area contributed by atoms with Gasteiger partial charge in [-0.05, 0) is 20.3 Å². The number of aryl methyl sites for hydroxylation is 1. The Labute approximate surface area is 90.6 Å². The van der Waals surface area contributed by atoms with E-state index in [0.717, 1.165) is 31.9 Å². The van der Waals surface area contributed by atoms with Gasteiger partial charge in [-0.2, -0.15) is 5.10 Å². The molecule has 15 heavy (non-hydrogen) atoms. The molecule has 0 amide bonds. The van der Waals surface area contributed by atoms with Crippen LogP contribution in [0.2, 0.25) is 0 Å². The second-order valence-corrected chi connectivity index (χ2v) is 4.14. The minimum atomic E-state index is 0.460. The van der Waals surface area contributed by atoms with Crippen molar-refractivity contribution >= 4 is 5.69 Å². The molecular formula is C11H19N3O. The van der Waals surface area contributed by atoms with Crippen LogP contribution >= 0.6 is 0 Å². The number of nitrogens with one attached hydrogen (secondary N) is 1. The molecule has 1 fully saturated rings. The van der Waals surface area contributed by atoms with Crippen molar-refractivity contribution in [3.8, 4) is 0 Å². The predicted octanol–water partition coefficient (Wildman–Crippen LogP) is 1.74. The van der Waals surface area contributed by atoms with E-state index in [2.05, 4.69) is 24.3 Å². The van der Waals surface area contributed by atoms with E-state index in [1.165, 1.54) is 0 Å². The van der Waals surface area contributed by atoms with Crippen molar-refractivity contribution in [2.75, 3.05) is 18.5 Å². The first kappa shape index (κ1) is 10.5. The summed E-state index contributed by atoms with van der Waals surface area (Å²) in [5.74, 6) is 0.634. The zero-order chi connectivity index (χ0) is 10.7. The van der Waals surface area contributed by atoms with E-state index < -0.39 is 0 Å². The Morgan fingerprint density at radius 3 is 3.20 bits per heavy atom. The number of aromatic nitrogens is 2. The molecule has 2 unspecified atom stereocenters. The van der Waals surface area contributed by atoms with Crippen LogP contribution < -0.4 is 5.32 Å². The van der Waals surface area contributed by atoms with Crippen molar-refractivity contribution in [1.82, 2.24) is 9.78 Å². The van der Waals surface area contributed by atoms with E-state index in [-0.39, 0.29) is 0 Å². The maximum absolute atomic E-state index is 5.38. The molecule has 2 atom stereocenters. The van der Waals surface area contributed by atoms with E-state index >= 15 is 0 Å². The van der Waals surface area contributed by atoms with Gasteiger partial charge < -0.3 is 10.1 Å². The van der Waals surface area contributed by atoms with Gasteiger partial charge in [0.1, 0.15) is 0 Å². The molecule has 4 nitrogen and oxygen atoms in total. The Morgan fingerprint density at radius 1 is 1.73 bits per heavy atom. The van der Waals surface area contributed by atoms with E-state index in [4.69, 9.17) is 4.74 Å². The average Bonchev–Trinajstić information content (AvgIpc) is 2.87. The van der Waals surface area contributed by atoms with Crippen LogP contribution in [0.15, 0.2) is 12.4 Å². The van der Waals surface area contributed by atoms with Gasteiger partial charge in [0.2, 0.25) is 0 Å². The highest BCUT2D eigenvalue weighted by atomic mass is 16.5. The van der Waals surface area contributed by atoms with Gasteiger partial charge in [0.15, 0.2) is 0 Å². The van der Waals surface area contributed by atoms with Crippen LogP contribution in [0.5, 0.6) is 0 Å². The SMILES string of the molecule is CCn1cc(NC(C)C2CCOC2)cn1. The molecule has 0 radical (unpaired) electrons. The van der Waals surface area contributed by atoms with Gasteiger partial charge in [-0.1, -0.05) is 0 Å². The summed E-state index contributed by atoms with van der Waals surface area (Å²) >= 11 is 0. The zero-order valence-corrected chi connectivity index (χ0v) is 9.44. The van der Waals surface area contributed by atoms with Gasteiger partial charge in [0.05, 0.1) is 18.5 Å². The predicted molar refractivity (Wildman–Crippen MR) is 59.9 cm³/mol. The number of rotatable bonds is 4. The van der Waals surface area contributed by atoms with Gasteiger partial charge in [-0.3, -0.25) is 4.68 Å². The Balaban J connectivity index is 1.89. The topological polar surface area (TPSA) is 39.1 Å². The molecule has 0 aromatic carbocycles. The fourth-order valence-corrected chi connectivity index (χ4v) is 1.94. The third kappa shape index (κ3) is 2.50. The molecule has 0 saturated carbocycles. The van der Waals surface area contributed by atoms with Crippen LogP contribution in [-0.4, -0.2) is 29.0 Å². The fraction of sp³-hybridized carbons (Fsp3) is 0.727. The van der Waals surface area contributed by atoms with Crippen molar-refractivity contribution in [3.63, 3.8) is 0 Å². The fourth-order valence-electron chi connectivity index (χ4n) is 1.94. The van der Waals surface area contributed by atoms with Crippen LogP contribution in [0.3, 0.4) is 0 Å². The standard InChI is InChI=1S/C11H19N3O/c1-3-14-7-11(6-12-14)13-9(2)10-4-5-15-8-10/h6-7,9-10,13H,3-5,8H2,1-2H3. The number of anilines is 1. The molecule has 1 aliphatic rings. The van der Waals surface area contributed by atoms with Gasteiger partial charge in [-0.25, -0.2) is 0 Å². The van der Waals surface area contributed by atoms with E-state index in [1.54, 1.807) is 0 Å². The molecule has 1 saturated heterocycles. The summed E-state index contributed by atoms with van der Waals surface area (Å²) in [4.78, 5) is 0. The molecule has 1 N–H and O–H groups in total. The number of hydrogen-bond donors (Lipinski definition) is 1. The van der Waals surface area contributed by atoms with E-state index in [9.17, 15) is 0 Å². The van der Waals surface area contributed by atoms with E-state index in [0.29, 0.717) is 12.0 Å². The lowest BCUT2D eigenvalue weighted by Gasteiger charge is -2.19. The summed E-state index contributed by atoms with van der Waals surface area (Å²) in [6.07, 6.45) is 5.10. The summed E-state index contributed by atoms with van der Waals surface area (Å²) < 4.78 is 7.31. The zero-order valence-electron chi connectivity index (χ0n) is 9.44. The van der Waals surface area contributed by atoms with Crippen molar-refractivity contribution in [2.45, 2.75) is 32.9 Å². The molecule has 2 rings (SSSR count). The second-order valence-electron chi connectivity index (χ2n) is 4.14. The molecule has 1 aromatic heterocycles. The number of ether oxygens (including phenoxy) is 1. The first-order chi connectivity index (χ1) is 7.29. The maximum atomic E-state index is 5.38. The normalized spacial score (nSPS) is 22.9. The van der Waals surface area contributed by atoms with Crippen molar-refractivity contribution < 1.29 is 4.74 Å². The van der Waals surface area contributed by atoms with Crippen molar-refractivity contribution in [2.24, 2.45) is 5.92 Å². The summed E-state index contributed by atoms with van der Waals surface area (Å²) in [7, 11) is 0. The molecule has 4 heteroatoms. The Hall–Kier alpha value is -1.03. The Kier molecular flexibility index (Phi) is 3.26. The summed E-state index contributed by atoms with van der Waals surface area (Å²) in [6, 6.07) is 0.460. The first-order valence-electron chi connectivity index (χ1n) is 5.66. The highest BCUT2D eigenvalue weighted by Crippen LogP contribution is 2.19. The van der Waals surface area contributed by atoms with Crippen molar-refractivity contribution in [3.05, 3.63) is 12.4 Å². The third-order valence-electron chi connectivity index (χ3n) is 3.02. The Bertz CT molecular complexity index is 305. The van der Waals surface area contributed by atoms with Crippen LogP contribution in [0.4, 0.5) is 5.69 Å². The van der Waals surface area contributed by atoms with Crippen LogP contribution in [-0.2, 0) is 11.3 Å². The molecular weight excluding hydrogens is 190 g/mol. The minimum absolute atomic E-state index is 0.460.